The number of carbonyl (C=O) groups is 2. The molecule has 0 unspecified atom stereocenters. The van der Waals surface area contributed by atoms with Crippen LogP contribution in [0.25, 0.3) is 11.3 Å². The number of aromatic hydroxyl groups is 1. The maximum atomic E-state index is 13.2. The Morgan fingerprint density at radius 3 is 2.57 bits per heavy atom. The zero-order chi connectivity index (χ0) is 24.9. The number of hydrogen-bond acceptors (Lipinski definition) is 4. The average molecular weight is 475 g/mol. The second kappa shape index (κ2) is 10.8. The molecule has 0 atom stereocenters. The lowest BCUT2D eigenvalue weighted by molar-refractivity contribution is -0.116. The van der Waals surface area contributed by atoms with Gasteiger partial charge in [-0.25, -0.2) is 4.79 Å². The summed E-state index contributed by atoms with van der Waals surface area (Å²) in [5.41, 5.74) is 4.61. The van der Waals surface area contributed by atoms with Crippen molar-refractivity contribution in [2.45, 2.75) is 65.3 Å². The Morgan fingerprint density at radius 1 is 1.11 bits per heavy atom. The van der Waals surface area contributed by atoms with E-state index in [2.05, 4.69) is 15.7 Å². The van der Waals surface area contributed by atoms with Crippen molar-refractivity contribution in [3.63, 3.8) is 0 Å². The third-order valence-electron chi connectivity index (χ3n) is 6.54. The highest BCUT2D eigenvalue weighted by atomic mass is 16.3. The van der Waals surface area contributed by atoms with Crippen molar-refractivity contribution in [2.75, 3.05) is 5.32 Å². The number of phenolic OH excluding ortho intramolecular Hbond substituents is 1. The van der Waals surface area contributed by atoms with Crippen molar-refractivity contribution < 1.29 is 14.7 Å². The number of nitrogens with one attached hydrogen (secondary N) is 2. The number of amides is 2. The molecule has 0 radical (unpaired) electrons. The van der Waals surface area contributed by atoms with E-state index >= 15 is 0 Å². The van der Waals surface area contributed by atoms with Crippen molar-refractivity contribution in [1.82, 2.24) is 15.1 Å². The number of anilines is 1. The zero-order valence-corrected chi connectivity index (χ0v) is 20.7. The largest absolute Gasteiger partial charge is 0.507 e. The molecule has 0 bridgehead atoms. The second-order valence-electron chi connectivity index (χ2n) is 9.81. The third kappa shape index (κ3) is 5.91. The van der Waals surface area contributed by atoms with Crippen LogP contribution in [0.4, 0.5) is 10.5 Å². The Hall–Kier alpha value is -3.61. The molecule has 184 valence electrons. The number of aryl methyl sites for hydroxylation is 1. The number of rotatable bonds is 7. The summed E-state index contributed by atoms with van der Waals surface area (Å²) >= 11 is 0. The van der Waals surface area contributed by atoms with Crippen LogP contribution in [0.5, 0.6) is 5.75 Å². The van der Waals surface area contributed by atoms with Gasteiger partial charge in [0, 0.05) is 30.1 Å². The highest BCUT2D eigenvalue weighted by Gasteiger charge is 2.26. The molecule has 3 aromatic rings. The van der Waals surface area contributed by atoms with Gasteiger partial charge >= 0.3 is 6.03 Å². The molecule has 0 spiro atoms. The van der Waals surface area contributed by atoms with Crippen LogP contribution in [0.2, 0.25) is 0 Å². The summed E-state index contributed by atoms with van der Waals surface area (Å²) in [6.45, 7) is 6.41. The summed E-state index contributed by atoms with van der Waals surface area (Å²) in [4.78, 5) is 25.5. The van der Waals surface area contributed by atoms with Crippen LogP contribution >= 0.6 is 0 Å². The molecule has 35 heavy (non-hydrogen) atoms. The van der Waals surface area contributed by atoms with E-state index in [-0.39, 0.29) is 29.5 Å². The maximum absolute atomic E-state index is 13.2. The third-order valence-corrected chi connectivity index (χ3v) is 6.54. The summed E-state index contributed by atoms with van der Waals surface area (Å²) in [5, 5.41) is 21.1. The van der Waals surface area contributed by atoms with Crippen LogP contribution < -0.4 is 10.6 Å². The van der Waals surface area contributed by atoms with Crippen LogP contribution in [0.1, 0.15) is 68.7 Å². The molecule has 1 aliphatic rings. The van der Waals surface area contributed by atoms with Crippen molar-refractivity contribution in [2.24, 2.45) is 5.92 Å². The van der Waals surface area contributed by atoms with Crippen LogP contribution in [0, 0.1) is 12.8 Å². The quantitative estimate of drug-likeness (QED) is 0.368. The van der Waals surface area contributed by atoms with E-state index in [0.717, 1.165) is 42.5 Å². The topological polar surface area (TPSA) is 96.3 Å². The monoisotopic (exact) mass is 474 g/mol. The van der Waals surface area contributed by atoms with Crippen molar-refractivity contribution in [3.05, 3.63) is 65.4 Å². The lowest BCUT2D eigenvalue weighted by Gasteiger charge is -2.13. The normalized spacial score (nSPS) is 13.8. The minimum absolute atomic E-state index is 0.0507. The minimum atomic E-state index is -0.290. The van der Waals surface area contributed by atoms with Gasteiger partial charge < -0.3 is 15.7 Å². The fourth-order valence-electron chi connectivity index (χ4n) is 4.66. The van der Waals surface area contributed by atoms with Gasteiger partial charge in [-0.05, 0) is 61.1 Å². The first-order valence-electron chi connectivity index (χ1n) is 12.4. The summed E-state index contributed by atoms with van der Waals surface area (Å²) in [6, 6.07) is 14.5. The minimum Gasteiger partial charge on any atom is -0.507 e. The Balaban J connectivity index is 1.62. The Labute approximate surface area is 206 Å². The first-order valence-corrected chi connectivity index (χ1v) is 12.4. The number of nitrogens with zero attached hydrogens (tertiary/aromatic N) is 2. The predicted octanol–water partition coefficient (Wildman–Crippen LogP) is 5.96. The van der Waals surface area contributed by atoms with Gasteiger partial charge in [0.25, 0.3) is 0 Å². The molecule has 7 heteroatoms. The van der Waals surface area contributed by atoms with Gasteiger partial charge in [0.05, 0.1) is 11.4 Å². The van der Waals surface area contributed by atoms with Gasteiger partial charge in [-0.3, -0.25) is 4.79 Å². The fraction of sp³-hybridized carbons (Fsp3) is 0.393. The molecule has 2 aromatic carbocycles. The molecular weight excluding hydrogens is 440 g/mol. The Morgan fingerprint density at radius 2 is 1.86 bits per heavy atom. The van der Waals surface area contributed by atoms with Gasteiger partial charge in [-0.2, -0.15) is 9.78 Å². The Kier molecular flexibility index (Phi) is 7.54. The van der Waals surface area contributed by atoms with E-state index in [4.69, 9.17) is 0 Å². The maximum Gasteiger partial charge on any atom is 0.342 e. The highest BCUT2D eigenvalue weighted by molar-refractivity contribution is 5.92. The lowest BCUT2D eigenvalue weighted by Crippen LogP contribution is -2.31. The van der Waals surface area contributed by atoms with Crippen LogP contribution in [0.15, 0.2) is 48.5 Å². The average Bonchev–Trinajstić information content (AvgIpc) is 3.49. The molecular formula is C28H34N4O3. The lowest BCUT2D eigenvalue weighted by atomic mass is 10.0. The number of phenols is 1. The molecule has 1 saturated carbocycles. The molecule has 0 saturated heterocycles. The van der Waals surface area contributed by atoms with Crippen LogP contribution in [-0.2, 0) is 11.3 Å². The van der Waals surface area contributed by atoms with Gasteiger partial charge in [-0.15, -0.1) is 0 Å². The van der Waals surface area contributed by atoms with E-state index in [1.807, 2.05) is 51.1 Å². The van der Waals surface area contributed by atoms with Crippen molar-refractivity contribution >= 4 is 17.6 Å². The Bertz CT molecular complexity index is 1210. The number of benzene rings is 2. The van der Waals surface area contributed by atoms with E-state index < -0.39 is 0 Å². The SMILES string of the molecule is Cc1ccccc1CNC(=O)n1nc(-c2cc(NC(=O)CC(C)C)ccc2O)cc1C1CCCC1. The molecule has 1 heterocycles. The first kappa shape index (κ1) is 24.5. The number of aromatic nitrogens is 2. The number of hydrogen-bond donors (Lipinski definition) is 3. The van der Waals surface area contributed by atoms with Gasteiger partial charge in [0.2, 0.25) is 5.91 Å². The summed E-state index contributed by atoms with van der Waals surface area (Å²) in [6.07, 6.45) is 4.68. The molecule has 7 nitrogen and oxygen atoms in total. The van der Waals surface area contributed by atoms with Crippen molar-refractivity contribution in [3.8, 4) is 17.0 Å². The van der Waals surface area contributed by atoms with E-state index in [9.17, 15) is 14.7 Å². The van der Waals surface area contributed by atoms with Gasteiger partial charge in [-0.1, -0.05) is 51.0 Å². The zero-order valence-electron chi connectivity index (χ0n) is 20.7. The standard InChI is InChI=1S/C28H34N4O3/c1-18(2)14-27(34)30-22-12-13-26(33)23(15-22)24-16-25(20-9-6-7-10-20)32(31-24)28(35)29-17-21-11-5-4-8-19(21)3/h4-5,8,11-13,15-16,18,20,33H,6-7,9-10,14,17H2,1-3H3,(H,29,35)(H,30,34). The summed E-state index contributed by atoms with van der Waals surface area (Å²) in [7, 11) is 0. The smallest absolute Gasteiger partial charge is 0.342 e. The van der Waals surface area contributed by atoms with Crippen LogP contribution in [-0.4, -0.2) is 26.8 Å². The van der Waals surface area contributed by atoms with Gasteiger partial charge in [0.1, 0.15) is 5.75 Å². The van der Waals surface area contributed by atoms with Crippen molar-refractivity contribution in [1.29, 1.82) is 0 Å². The van der Waals surface area contributed by atoms with E-state index in [1.165, 1.54) is 4.68 Å². The summed E-state index contributed by atoms with van der Waals surface area (Å²) < 4.78 is 1.45. The first-order chi connectivity index (χ1) is 16.8. The molecule has 2 amide bonds. The highest BCUT2D eigenvalue weighted by Crippen LogP contribution is 2.38. The van der Waals surface area contributed by atoms with Gasteiger partial charge in [0.15, 0.2) is 0 Å². The molecule has 0 aliphatic heterocycles. The molecule has 1 fully saturated rings. The predicted molar refractivity (Wildman–Crippen MR) is 137 cm³/mol. The second-order valence-corrected chi connectivity index (χ2v) is 9.81. The fourth-order valence-corrected chi connectivity index (χ4v) is 4.66. The molecule has 4 rings (SSSR count). The summed E-state index contributed by atoms with van der Waals surface area (Å²) in [5.74, 6) is 0.463. The van der Waals surface area contributed by atoms with E-state index in [0.29, 0.717) is 29.9 Å². The van der Waals surface area contributed by atoms with Crippen LogP contribution in [0.3, 0.4) is 0 Å². The van der Waals surface area contributed by atoms with E-state index in [1.54, 1.807) is 18.2 Å². The molecule has 1 aliphatic carbocycles. The molecule has 1 aromatic heterocycles. The molecule has 3 N–H and O–H groups in total. The number of carbonyl (C=O) groups excluding carboxylic acids is 2.